The van der Waals surface area contributed by atoms with Gasteiger partial charge in [0.25, 0.3) is 0 Å². The minimum atomic E-state index is -4.54. The molecular weight excluding hydrogens is 449 g/mol. The second kappa shape index (κ2) is 7.60. The third-order valence-electron chi connectivity index (χ3n) is 6.56. The van der Waals surface area contributed by atoms with Crippen LogP contribution in [0.2, 0.25) is 0 Å². The third-order valence-corrected chi connectivity index (χ3v) is 6.56. The zero-order valence-electron chi connectivity index (χ0n) is 17.9. The van der Waals surface area contributed by atoms with E-state index in [9.17, 15) is 23.4 Å². The van der Waals surface area contributed by atoms with Crippen molar-refractivity contribution in [2.45, 2.75) is 43.6 Å². The number of aromatic nitrogens is 5. The second-order valence-electron chi connectivity index (χ2n) is 8.94. The second-order valence-corrected chi connectivity index (χ2v) is 8.94. The lowest BCUT2D eigenvalue weighted by Crippen LogP contribution is -2.47. The van der Waals surface area contributed by atoms with Gasteiger partial charge in [-0.25, -0.2) is 15.0 Å². The summed E-state index contributed by atoms with van der Waals surface area (Å²) in [6.45, 7) is 0.664. The number of halogens is 3. The van der Waals surface area contributed by atoms with Crippen LogP contribution in [-0.2, 0) is 6.18 Å². The number of pyridine rings is 2. The molecule has 1 saturated carbocycles. The van der Waals surface area contributed by atoms with Crippen LogP contribution in [0.5, 0.6) is 0 Å². The largest absolute Gasteiger partial charge is 0.431 e. The highest BCUT2D eigenvalue weighted by Gasteiger charge is 2.34. The molecule has 1 aliphatic carbocycles. The molecule has 4 aromatic heterocycles. The number of aliphatic hydroxyl groups excluding tert-OH is 2. The Labute approximate surface area is 191 Å². The quantitative estimate of drug-likeness (QED) is 0.421. The molecule has 0 aromatic carbocycles. The Bertz CT molecular complexity index is 1400. The fourth-order valence-electron chi connectivity index (χ4n) is 4.63. The van der Waals surface area contributed by atoms with Crippen LogP contribution < -0.4 is 4.90 Å². The first-order valence-electron chi connectivity index (χ1n) is 11.1. The van der Waals surface area contributed by atoms with Gasteiger partial charge in [-0.05, 0) is 42.9 Å². The van der Waals surface area contributed by atoms with E-state index in [1.807, 2.05) is 11.1 Å². The summed E-state index contributed by atoms with van der Waals surface area (Å²) in [6, 6.07) is 2.61. The molecule has 176 valence electrons. The Morgan fingerprint density at radius 2 is 1.88 bits per heavy atom. The lowest BCUT2D eigenvalue weighted by molar-refractivity contribution is -0.140. The molecule has 2 atom stereocenters. The van der Waals surface area contributed by atoms with Gasteiger partial charge in [-0.3, -0.25) is 4.98 Å². The number of aliphatic hydroxyl groups is 2. The van der Waals surface area contributed by atoms with Gasteiger partial charge < -0.3 is 20.1 Å². The first-order valence-corrected chi connectivity index (χ1v) is 11.1. The molecule has 34 heavy (non-hydrogen) atoms. The van der Waals surface area contributed by atoms with Gasteiger partial charge in [0.1, 0.15) is 17.2 Å². The van der Waals surface area contributed by atoms with Gasteiger partial charge in [0.05, 0.1) is 23.9 Å². The Kier molecular flexibility index (Phi) is 4.75. The van der Waals surface area contributed by atoms with Gasteiger partial charge in [0.2, 0.25) is 0 Å². The number of hydrogen-bond donors (Lipinski definition) is 3. The first-order chi connectivity index (χ1) is 16.3. The van der Waals surface area contributed by atoms with Crippen LogP contribution >= 0.6 is 0 Å². The van der Waals surface area contributed by atoms with Gasteiger partial charge in [-0.1, -0.05) is 0 Å². The molecule has 8 nitrogen and oxygen atoms in total. The van der Waals surface area contributed by atoms with Gasteiger partial charge in [0, 0.05) is 41.8 Å². The molecule has 6 rings (SSSR count). The van der Waals surface area contributed by atoms with E-state index in [1.165, 1.54) is 6.20 Å². The van der Waals surface area contributed by atoms with Gasteiger partial charge in [-0.15, -0.1) is 0 Å². The number of anilines is 1. The number of piperidine rings is 1. The number of nitrogens with zero attached hydrogens (tertiary/aromatic N) is 5. The third kappa shape index (κ3) is 3.55. The SMILES string of the molecule is O[C@@H]1CCN(c2nc(-c3ccnc4[nH]c(C(F)(F)F)cc34)nc3cncc(C4CC4)c23)C[C@@H]1O. The van der Waals surface area contributed by atoms with Crippen LogP contribution in [-0.4, -0.2) is 60.4 Å². The van der Waals surface area contributed by atoms with Crippen LogP contribution in [0.1, 0.15) is 36.4 Å². The number of β-amino-alcohol motifs (C(OH)–C–C–N with tert-alkyl or cyclic N) is 1. The molecule has 0 amide bonds. The van der Waals surface area contributed by atoms with Gasteiger partial charge >= 0.3 is 6.18 Å². The van der Waals surface area contributed by atoms with Crippen molar-refractivity contribution < 1.29 is 23.4 Å². The Hall–Kier alpha value is -3.31. The van der Waals surface area contributed by atoms with E-state index < -0.39 is 24.1 Å². The van der Waals surface area contributed by atoms with E-state index in [0.29, 0.717) is 35.8 Å². The fraction of sp³-hybridized carbons (Fsp3) is 0.391. The maximum absolute atomic E-state index is 13.3. The summed E-state index contributed by atoms with van der Waals surface area (Å²) >= 11 is 0. The smallest absolute Gasteiger partial charge is 0.390 e. The molecule has 0 radical (unpaired) electrons. The number of hydrogen-bond acceptors (Lipinski definition) is 7. The molecule has 2 fully saturated rings. The van der Waals surface area contributed by atoms with E-state index >= 15 is 0 Å². The lowest BCUT2D eigenvalue weighted by atomic mass is 10.0. The summed E-state index contributed by atoms with van der Waals surface area (Å²) in [5, 5.41) is 21.4. The number of nitrogens with one attached hydrogen (secondary N) is 1. The average molecular weight is 470 g/mol. The van der Waals surface area contributed by atoms with Gasteiger partial charge in [0.15, 0.2) is 5.82 Å². The van der Waals surface area contributed by atoms with Crippen molar-refractivity contribution in [3.05, 3.63) is 42.0 Å². The Balaban J connectivity index is 1.57. The van der Waals surface area contributed by atoms with Crippen molar-refractivity contribution in [2.75, 3.05) is 18.0 Å². The van der Waals surface area contributed by atoms with E-state index in [0.717, 1.165) is 29.9 Å². The summed E-state index contributed by atoms with van der Waals surface area (Å²) in [5.41, 5.74) is 1.22. The highest BCUT2D eigenvalue weighted by molar-refractivity contribution is 5.97. The number of H-pyrrole nitrogens is 1. The fourth-order valence-corrected chi connectivity index (χ4v) is 4.63. The highest BCUT2D eigenvalue weighted by atomic mass is 19.4. The molecule has 0 spiro atoms. The standard InChI is InChI=1S/C23H21F3N6O2/c24-23(25,26)18-7-13-12(3-5-28-20(13)30-18)21-29-15-9-27-8-14(11-1-2-11)19(15)22(31-21)32-6-4-16(33)17(34)10-32/h3,5,7-9,11,16-17,33-34H,1-2,4,6,10H2,(H,28,30)/t16-,17+/m1/s1. The van der Waals surface area contributed by atoms with Crippen molar-refractivity contribution in [1.82, 2.24) is 24.9 Å². The zero-order valence-corrected chi connectivity index (χ0v) is 17.9. The molecule has 3 N–H and O–H groups in total. The molecule has 2 aliphatic rings. The summed E-state index contributed by atoms with van der Waals surface area (Å²) < 4.78 is 40.0. The molecule has 0 unspecified atom stereocenters. The molecule has 1 saturated heterocycles. The monoisotopic (exact) mass is 470 g/mol. The summed E-state index contributed by atoms with van der Waals surface area (Å²) in [5.74, 6) is 1.20. The number of alkyl halides is 3. The maximum Gasteiger partial charge on any atom is 0.431 e. The summed E-state index contributed by atoms with van der Waals surface area (Å²) in [4.78, 5) is 22.1. The predicted molar refractivity (Wildman–Crippen MR) is 118 cm³/mol. The van der Waals surface area contributed by atoms with Gasteiger partial charge in [-0.2, -0.15) is 13.2 Å². The van der Waals surface area contributed by atoms with Crippen molar-refractivity contribution in [2.24, 2.45) is 0 Å². The normalized spacial score (nSPS) is 21.5. The van der Waals surface area contributed by atoms with Crippen LogP contribution in [0.15, 0.2) is 30.7 Å². The Morgan fingerprint density at radius 1 is 1.06 bits per heavy atom. The molecule has 5 heterocycles. The minimum Gasteiger partial charge on any atom is -0.390 e. The van der Waals surface area contributed by atoms with Crippen LogP contribution in [0.4, 0.5) is 19.0 Å². The highest BCUT2D eigenvalue weighted by Crippen LogP contribution is 2.45. The lowest BCUT2D eigenvalue weighted by Gasteiger charge is -2.35. The van der Waals surface area contributed by atoms with E-state index in [1.54, 1.807) is 12.3 Å². The van der Waals surface area contributed by atoms with Crippen LogP contribution in [0.3, 0.4) is 0 Å². The van der Waals surface area contributed by atoms with Crippen molar-refractivity contribution >= 4 is 27.8 Å². The molecule has 0 bridgehead atoms. The topological polar surface area (TPSA) is 111 Å². The van der Waals surface area contributed by atoms with Crippen LogP contribution in [0, 0.1) is 0 Å². The molecule has 4 aromatic rings. The Morgan fingerprint density at radius 3 is 2.62 bits per heavy atom. The summed E-state index contributed by atoms with van der Waals surface area (Å²) in [7, 11) is 0. The minimum absolute atomic E-state index is 0.0939. The predicted octanol–water partition coefficient (Wildman–Crippen LogP) is 3.40. The van der Waals surface area contributed by atoms with E-state index in [-0.39, 0.29) is 23.4 Å². The zero-order chi connectivity index (χ0) is 23.6. The van der Waals surface area contributed by atoms with E-state index in [2.05, 4.69) is 15.0 Å². The van der Waals surface area contributed by atoms with Crippen molar-refractivity contribution in [3.63, 3.8) is 0 Å². The maximum atomic E-state index is 13.3. The van der Waals surface area contributed by atoms with E-state index in [4.69, 9.17) is 9.97 Å². The molecular formula is C23H21F3N6O2. The molecule has 1 aliphatic heterocycles. The summed E-state index contributed by atoms with van der Waals surface area (Å²) in [6.07, 6.45) is 1.03. The van der Waals surface area contributed by atoms with Crippen molar-refractivity contribution in [1.29, 1.82) is 0 Å². The average Bonchev–Trinajstić information content (AvgIpc) is 3.55. The number of aromatic amines is 1. The van der Waals surface area contributed by atoms with Crippen LogP contribution in [0.25, 0.3) is 33.3 Å². The number of rotatable bonds is 3. The first kappa shape index (κ1) is 21.2. The van der Waals surface area contributed by atoms with Crippen molar-refractivity contribution in [3.8, 4) is 11.4 Å². The number of fused-ring (bicyclic) bond motifs is 2. The molecule has 11 heteroatoms.